The van der Waals surface area contributed by atoms with E-state index in [1.54, 1.807) is 0 Å². The summed E-state index contributed by atoms with van der Waals surface area (Å²) < 4.78 is 0. The molecule has 92 valence electrons. The molecule has 1 N–H and O–H groups in total. The van der Waals surface area contributed by atoms with E-state index in [1.165, 1.54) is 16.7 Å². The van der Waals surface area contributed by atoms with Crippen LogP contribution in [0.1, 0.15) is 16.7 Å². The lowest BCUT2D eigenvalue weighted by Crippen LogP contribution is -2.16. The van der Waals surface area contributed by atoms with Gasteiger partial charge in [-0.1, -0.05) is 61.2 Å². The van der Waals surface area contributed by atoms with Crippen molar-refractivity contribution in [3.8, 4) is 0 Å². The second-order valence-electron chi connectivity index (χ2n) is 4.50. The Kier molecular flexibility index (Phi) is 4.32. The molecule has 2 aromatic rings. The third kappa shape index (κ3) is 3.31. The highest BCUT2D eigenvalue weighted by Gasteiger charge is 1.99. The highest BCUT2D eigenvalue weighted by Crippen LogP contribution is 2.11. The fraction of sp³-hybridized carbons (Fsp3) is 0.176. The quantitative estimate of drug-likeness (QED) is 0.834. The minimum atomic E-state index is 0.818. The van der Waals surface area contributed by atoms with Crippen LogP contribution in [0.5, 0.6) is 0 Å². The standard InChI is InChI=1S/C17H19N/c1-14-8-6-7-11-17(14)13-18-12-15(2)16-9-4-3-5-10-16/h3-11,18H,2,12-13H2,1H3. The number of hydrogen-bond acceptors (Lipinski definition) is 1. The second-order valence-corrected chi connectivity index (χ2v) is 4.50. The van der Waals surface area contributed by atoms with E-state index in [0.717, 1.165) is 18.7 Å². The molecule has 2 rings (SSSR count). The van der Waals surface area contributed by atoms with Crippen molar-refractivity contribution in [1.82, 2.24) is 5.32 Å². The van der Waals surface area contributed by atoms with Gasteiger partial charge in [-0.25, -0.2) is 0 Å². The lowest BCUT2D eigenvalue weighted by atomic mass is 10.1. The van der Waals surface area contributed by atoms with Gasteiger partial charge in [0, 0.05) is 13.1 Å². The Bertz CT molecular complexity index is 514. The van der Waals surface area contributed by atoms with Gasteiger partial charge in [0.25, 0.3) is 0 Å². The van der Waals surface area contributed by atoms with E-state index < -0.39 is 0 Å². The molecule has 1 heteroatoms. The minimum absolute atomic E-state index is 0.818. The first-order valence-electron chi connectivity index (χ1n) is 6.26. The Morgan fingerprint density at radius 3 is 2.39 bits per heavy atom. The topological polar surface area (TPSA) is 12.0 Å². The Labute approximate surface area is 109 Å². The third-order valence-corrected chi connectivity index (χ3v) is 3.10. The summed E-state index contributed by atoms with van der Waals surface area (Å²) in [6, 6.07) is 18.8. The van der Waals surface area contributed by atoms with Crippen LogP contribution in [0.15, 0.2) is 61.2 Å². The zero-order chi connectivity index (χ0) is 12.8. The molecule has 0 spiro atoms. The van der Waals surface area contributed by atoms with Crippen molar-refractivity contribution in [3.05, 3.63) is 77.9 Å². The van der Waals surface area contributed by atoms with Crippen LogP contribution in [-0.2, 0) is 6.54 Å². The summed E-state index contributed by atoms with van der Waals surface area (Å²) in [5.41, 5.74) is 5.01. The molecule has 0 heterocycles. The van der Waals surface area contributed by atoms with Gasteiger partial charge in [0.05, 0.1) is 0 Å². The van der Waals surface area contributed by atoms with E-state index in [-0.39, 0.29) is 0 Å². The Morgan fingerprint density at radius 1 is 1.00 bits per heavy atom. The monoisotopic (exact) mass is 237 g/mol. The number of aryl methyl sites for hydroxylation is 1. The van der Waals surface area contributed by atoms with Crippen molar-refractivity contribution < 1.29 is 0 Å². The van der Waals surface area contributed by atoms with Gasteiger partial charge in [0.2, 0.25) is 0 Å². The van der Waals surface area contributed by atoms with Gasteiger partial charge < -0.3 is 5.32 Å². The molecular weight excluding hydrogens is 218 g/mol. The smallest absolute Gasteiger partial charge is 0.0211 e. The fourth-order valence-corrected chi connectivity index (χ4v) is 1.93. The molecule has 0 aliphatic rings. The molecule has 0 aliphatic heterocycles. The van der Waals surface area contributed by atoms with Crippen molar-refractivity contribution in [2.45, 2.75) is 13.5 Å². The fourth-order valence-electron chi connectivity index (χ4n) is 1.93. The van der Waals surface area contributed by atoms with Gasteiger partial charge in [-0.2, -0.15) is 0 Å². The highest BCUT2D eigenvalue weighted by atomic mass is 14.8. The molecule has 2 aromatic carbocycles. The second kappa shape index (κ2) is 6.18. The lowest BCUT2D eigenvalue weighted by molar-refractivity contribution is 0.764. The summed E-state index contributed by atoms with van der Waals surface area (Å²) in [4.78, 5) is 0. The normalized spacial score (nSPS) is 10.3. The van der Waals surface area contributed by atoms with Gasteiger partial charge in [0.15, 0.2) is 0 Å². The van der Waals surface area contributed by atoms with E-state index in [4.69, 9.17) is 0 Å². The molecule has 0 saturated heterocycles. The van der Waals surface area contributed by atoms with E-state index in [9.17, 15) is 0 Å². The summed E-state index contributed by atoms with van der Waals surface area (Å²) in [5.74, 6) is 0. The summed E-state index contributed by atoms with van der Waals surface area (Å²) in [7, 11) is 0. The van der Waals surface area contributed by atoms with Crippen molar-refractivity contribution in [3.63, 3.8) is 0 Å². The van der Waals surface area contributed by atoms with E-state index in [2.05, 4.69) is 55.2 Å². The van der Waals surface area contributed by atoms with E-state index in [0.29, 0.717) is 0 Å². The molecule has 18 heavy (non-hydrogen) atoms. The average molecular weight is 237 g/mol. The Morgan fingerprint density at radius 2 is 1.67 bits per heavy atom. The summed E-state index contributed by atoms with van der Waals surface area (Å²) in [5, 5.41) is 3.44. The SMILES string of the molecule is C=C(CNCc1ccccc1C)c1ccccc1. The summed E-state index contributed by atoms with van der Waals surface area (Å²) >= 11 is 0. The van der Waals surface area contributed by atoms with Crippen molar-refractivity contribution in [1.29, 1.82) is 0 Å². The van der Waals surface area contributed by atoms with Crippen molar-refractivity contribution in [2.75, 3.05) is 6.54 Å². The van der Waals surface area contributed by atoms with Crippen LogP contribution in [0.2, 0.25) is 0 Å². The van der Waals surface area contributed by atoms with Crippen LogP contribution >= 0.6 is 0 Å². The summed E-state index contributed by atoms with van der Waals surface area (Å²) in [6.07, 6.45) is 0. The maximum atomic E-state index is 4.12. The number of rotatable bonds is 5. The Hall–Kier alpha value is -1.86. The number of benzene rings is 2. The predicted molar refractivity (Wildman–Crippen MR) is 78.4 cm³/mol. The molecule has 1 nitrogen and oxygen atoms in total. The molecule has 0 bridgehead atoms. The van der Waals surface area contributed by atoms with Gasteiger partial charge in [-0.05, 0) is 29.2 Å². The highest BCUT2D eigenvalue weighted by molar-refractivity contribution is 5.64. The van der Waals surface area contributed by atoms with Crippen LogP contribution in [0.4, 0.5) is 0 Å². The molecule has 0 unspecified atom stereocenters. The first-order chi connectivity index (χ1) is 8.77. The number of nitrogens with one attached hydrogen (secondary N) is 1. The first kappa shape index (κ1) is 12.6. The number of hydrogen-bond donors (Lipinski definition) is 1. The third-order valence-electron chi connectivity index (χ3n) is 3.10. The van der Waals surface area contributed by atoms with Crippen molar-refractivity contribution >= 4 is 5.57 Å². The average Bonchev–Trinajstić information content (AvgIpc) is 2.42. The van der Waals surface area contributed by atoms with Crippen LogP contribution < -0.4 is 5.32 Å². The van der Waals surface area contributed by atoms with Crippen LogP contribution in [0.25, 0.3) is 5.57 Å². The molecule has 0 fully saturated rings. The molecular formula is C17H19N. The van der Waals surface area contributed by atoms with E-state index >= 15 is 0 Å². The minimum Gasteiger partial charge on any atom is -0.309 e. The lowest BCUT2D eigenvalue weighted by Gasteiger charge is -2.09. The van der Waals surface area contributed by atoms with Crippen LogP contribution in [0, 0.1) is 6.92 Å². The molecule has 0 atom stereocenters. The zero-order valence-electron chi connectivity index (χ0n) is 10.8. The maximum Gasteiger partial charge on any atom is 0.0211 e. The molecule has 0 aromatic heterocycles. The van der Waals surface area contributed by atoms with Crippen LogP contribution in [0.3, 0.4) is 0 Å². The molecule has 0 radical (unpaired) electrons. The summed E-state index contributed by atoms with van der Waals surface area (Å²) in [6.45, 7) is 7.96. The van der Waals surface area contributed by atoms with Gasteiger partial charge in [0.1, 0.15) is 0 Å². The van der Waals surface area contributed by atoms with E-state index in [1.807, 2.05) is 18.2 Å². The van der Waals surface area contributed by atoms with Crippen molar-refractivity contribution in [2.24, 2.45) is 0 Å². The predicted octanol–water partition coefficient (Wildman–Crippen LogP) is 3.80. The first-order valence-corrected chi connectivity index (χ1v) is 6.26. The molecule has 0 saturated carbocycles. The Balaban J connectivity index is 1.86. The molecule has 0 amide bonds. The van der Waals surface area contributed by atoms with Gasteiger partial charge in [-0.15, -0.1) is 0 Å². The maximum absolute atomic E-state index is 4.12. The van der Waals surface area contributed by atoms with Gasteiger partial charge >= 0.3 is 0 Å². The van der Waals surface area contributed by atoms with Gasteiger partial charge in [-0.3, -0.25) is 0 Å². The van der Waals surface area contributed by atoms with Crippen LogP contribution in [-0.4, -0.2) is 6.54 Å². The largest absolute Gasteiger partial charge is 0.309 e. The zero-order valence-corrected chi connectivity index (χ0v) is 10.8. The molecule has 0 aliphatic carbocycles.